The Kier molecular flexibility index (Phi) is 9.88. The molecule has 5 unspecified atom stereocenters. The molecule has 9 atom stereocenters. The molecule has 3 N–H and O–H groups in total. The van der Waals surface area contributed by atoms with E-state index in [-0.39, 0.29) is 24.0 Å². The van der Waals surface area contributed by atoms with Gasteiger partial charge in [0.1, 0.15) is 24.8 Å². The van der Waals surface area contributed by atoms with E-state index in [1.807, 2.05) is 20.8 Å². The van der Waals surface area contributed by atoms with Gasteiger partial charge in [0.2, 0.25) is 5.91 Å². The zero-order valence-corrected chi connectivity index (χ0v) is 26.6. The smallest absolute Gasteiger partial charge is 0.407 e. The summed E-state index contributed by atoms with van der Waals surface area (Å²) in [5.41, 5.74) is 0.00776. The predicted octanol–water partition coefficient (Wildman–Crippen LogP) is 5.70. The summed E-state index contributed by atoms with van der Waals surface area (Å²) in [5, 5.41) is 13.9. The van der Waals surface area contributed by atoms with Crippen LogP contribution in [0.2, 0.25) is 0 Å². The van der Waals surface area contributed by atoms with Gasteiger partial charge < -0.3 is 25.2 Å². The van der Waals surface area contributed by atoms with Crippen LogP contribution >= 0.6 is 0 Å². The summed E-state index contributed by atoms with van der Waals surface area (Å²) in [5.74, 6) is 2.19. The fourth-order valence-corrected chi connectivity index (χ4v) is 9.84. The van der Waals surface area contributed by atoms with Crippen molar-refractivity contribution < 1.29 is 33.8 Å². The summed E-state index contributed by atoms with van der Waals surface area (Å²) in [6.07, 6.45) is 10.7. The van der Waals surface area contributed by atoms with Gasteiger partial charge in [0.25, 0.3) is 0 Å². The van der Waals surface area contributed by atoms with E-state index in [4.69, 9.17) is 14.6 Å². The molecule has 4 aliphatic rings. The number of esters is 1. The topological polar surface area (TPSA) is 131 Å². The van der Waals surface area contributed by atoms with Crippen LogP contribution < -0.4 is 10.6 Å². The maximum atomic E-state index is 12.5. The standard InChI is InChI=1S/C33H54N2O7/c1-20(7-12-27(36)34-19-29(39)42-31(2,3)4)24-10-11-25-23-9-8-21-17-22(41-30(40)35-18-28(37)38)13-15-32(21,5)26(23)14-16-33(24,25)6/h20-26H,7-19H2,1-6H3,(H,34,36)(H,35,40)(H,37,38)/t20-,21?,22-,23?,24?,25?,26?,32+,33-/m1/s1. The van der Waals surface area contributed by atoms with Crippen LogP contribution in [-0.4, -0.2) is 53.8 Å². The summed E-state index contributed by atoms with van der Waals surface area (Å²) in [7, 11) is 0. The molecule has 238 valence electrons. The van der Waals surface area contributed by atoms with E-state index in [1.54, 1.807) is 0 Å². The van der Waals surface area contributed by atoms with Gasteiger partial charge in [-0.25, -0.2) is 4.79 Å². The number of amides is 2. The monoisotopic (exact) mass is 590 g/mol. The average molecular weight is 591 g/mol. The van der Waals surface area contributed by atoms with Crippen LogP contribution in [0.3, 0.4) is 0 Å². The highest BCUT2D eigenvalue weighted by Gasteiger charge is 2.60. The van der Waals surface area contributed by atoms with Crippen LogP contribution in [-0.2, 0) is 23.9 Å². The predicted molar refractivity (Wildman–Crippen MR) is 158 cm³/mol. The molecule has 4 fully saturated rings. The zero-order chi connectivity index (χ0) is 30.9. The molecular formula is C33H54N2O7. The van der Waals surface area contributed by atoms with Gasteiger partial charge in [-0.1, -0.05) is 20.8 Å². The van der Waals surface area contributed by atoms with Gasteiger partial charge in [-0.2, -0.15) is 0 Å². The van der Waals surface area contributed by atoms with Gasteiger partial charge in [0.15, 0.2) is 0 Å². The number of hydrogen-bond donors (Lipinski definition) is 3. The number of carbonyl (C=O) groups is 4. The first-order valence-corrected chi connectivity index (χ1v) is 16.3. The lowest BCUT2D eigenvalue weighted by Gasteiger charge is -2.61. The van der Waals surface area contributed by atoms with Crippen molar-refractivity contribution in [1.29, 1.82) is 0 Å². The molecule has 4 saturated carbocycles. The van der Waals surface area contributed by atoms with Gasteiger partial charge >= 0.3 is 18.0 Å². The zero-order valence-electron chi connectivity index (χ0n) is 26.6. The highest BCUT2D eigenvalue weighted by molar-refractivity contribution is 5.82. The first-order valence-electron chi connectivity index (χ1n) is 16.3. The highest BCUT2D eigenvalue weighted by atomic mass is 16.6. The van der Waals surface area contributed by atoms with E-state index in [2.05, 4.69) is 31.4 Å². The fraction of sp³-hybridized carbons (Fsp3) is 0.879. The third-order valence-corrected chi connectivity index (χ3v) is 11.7. The second kappa shape index (κ2) is 12.7. The third kappa shape index (κ3) is 7.24. The first-order chi connectivity index (χ1) is 19.6. The Bertz CT molecular complexity index is 1020. The number of ether oxygens (including phenoxy) is 2. The average Bonchev–Trinajstić information content (AvgIpc) is 3.26. The van der Waals surface area contributed by atoms with Gasteiger partial charge in [-0.05, 0) is 131 Å². The van der Waals surface area contributed by atoms with E-state index < -0.39 is 30.2 Å². The minimum Gasteiger partial charge on any atom is -0.480 e. The third-order valence-electron chi connectivity index (χ3n) is 11.7. The lowest BCUT2D eigenvalue weighted by atomic mass is 9.44. The van der Waals surface area contributed by atoms with E-state index in [0.29, 0.717) is 35.5 Å². The Morgan fingerprint density at radius 1 is 0.905 bits per heavy atom. The summed E-state index contributed by atoms with van der Waals surface area (Å²) in [6.45, 7) is 12.3. The molecule has 0 radical (unpaired) electrons. The Morgan fingerprint density at radius 2 is 1.60 bits per heavy atom. The number of carboxylic acid groups (broad SMARTS) is 1. The SMILES string of the molecule is C[C@H](CCC(=O)NCC(=O)OC(C)(C)C)C1CCC2C3CCC4C[C@H](OC(=O)NCC(=O)O)CC[C@]4(C)C3CC[C@@]21C. The number of hydrogen-bond acceptors (Lipinski definition) is 6. The van der Waals surface area contributed by atoms with Crippen LogP contribution in [0, 0.1) is 46.3 Å². The molecule has 0 spiro atoms. The number of fused-ring (bicyclic) bond motifs is 5. The summed E-state index contributed by atoms with van der Waals surface area (Å²) in [6, 6.07) is 0. The van der Waals surface area contributed by atoms with Crippen LogP contribution in [0.25, 0.3) is 0 Å². The van der Waals surface area contributed by atoms with Gasteiger partial charge in [-0.3, -0.25) is 14.4 Å². The minimum absolute atomic E-state index is 0.0820. The molecule has 9 heteroatoms. The number of carboxylic acids is 1. The van der Waals surface area contributed by atoms with Crippen LogP contribution in [0.5, 0.6) is 0 Å². The van der Waals surface area contributed by atoms with Crippen molar-refractivity contribution in [2.75, 3.05) is 13.1 Å². The molecule has 4 aliphatic carbocycles. The number of nitrogens with one attached hydrogen (secondary N) is 2. The maximum absolute atomic E-state index is 12.5. The number of carbonyl (C=O) groups excluding carboxylic acids is 3. The summed E-state index contributed by atoms with van der Waals surface area (Å²) in [4.78, 5) is 47.3. The quantitative estimate of drug-likeness (QED) is 0.294. The molecule has 0 aromatic carbocycles. The van der Waals surface area contributed by atoms with Gasteiger partial charge in [0.05, 0.1) is 0 Å². The summed E-state index contributed by atoms with van der Waals surface area (Å²) >= 11 is 0. The lowest BCUT2D eigenvalue weighted by Crippen LogP contribution is -2.54. The first kappa shape index (κ1) is 32.6. The Balaban J connectivity index is 1.29. The molecule has 42 heavy (non-hydrogen) atoms. The molecular weight excluding hydrogens is 536 g/mol. The summed E-state index contributed by atoms with van der Waals surface area (Å²) < 4.78 is 10.9. The highest BCUT2D eigenvalue weighted by Crippen LogP contribution is 2.68. The molecule has 9 nitrogen and oxygen atoms in total. The fourth-order valence-electron chi connectivity index (χ4n) is 9.84. The van der Waals surface area contributed by atoms with Crippen molar-refractivity contribution in [1.82, 2.24) is 10.6 Å². The molecule has 4 rings (SSSR count). The molecule has 0 saturated heterocycles. The van der Waals surface area contributed by atoms with E-state index in [1.165, 1.54) is 38.5 Å². The molecule has 0 bridgehead atoms. The molecule has 0 heterocycles. The van der Waals surface area contributed by atoms with E-state index in [0.717, 1.165) is 37.5 Å². The Hall–Kier alpha value is -2.32. The molecule has 0 aromatic heterocycles. The maximum Gasteiger partial charge on any atom is 0.407 e. The van der Waals surface area contributed by atoms with Gasteiger partial charge in [0, 0.05) is 6.42 Å². The van der Waals surface area contributed by atoms with Crippen molar-refractivity contribution in [3.05, 3.63) is 0 Å². The van der Waals surface area contributed by atoms with Crippen molar-refractivity contribution in [3.63, 3.8) is 0 Å². The van der Waals surface area contributed by atoms with Crippen LogP contribution in [0.4, 0.5) is 4.79 Å². The minimum atomic E-state index is -1.07. The van der Waals surface area contributed by atoms with E-state index >= 15 is 0 Å². The number of aliphatic carboxylic acids is 1. The second-order valence-electron chi connectivity index (χ2n) is 15.3. The van der Waals surface area contributed by atoms with Crippen molar-refractivity contribution in [2.45, 2.75) is 124 Å². The lowest BCUT2D eigenvalue weighted by molar-refractivity contribution is -0.154. The Morgan fingerprint density at radius 3 is 2.29 bits per heavy atom. The molecule has 0 aliphatic heterocycles. The molecule has 0 aromatic rings. The van der Waals surface area contributed by atoms with E-state index in [9.17, 15) is 19.2 Å². The largest absolute Gasteiger partial charge is 0.480 e. The number of rotatable bonds is 9. The van der Waals surface area contributed by atoms with Crippen LogP contribution in [0.15, 0.2) is 0 Å². The Labute approximate surface area is 251 Å². The number of alkyl carbamates (subject to hydrolysis) is 1. The normalized spacial score (nSPS) is 36.4. The van der Waals surface area contributed by atoms with Crippen molar-refractivity contribution in [3.8, 4) is 0 Å². The molecule has 2 amide bonds. The second-order valence-corrected chi connectivity index (χ2v) is 15.3. The van der Waals surface area contributed by atoms with Crippen molar-refractivity contribution >= 4 is 23.9 Å². The van der Waals surface area contributed by atoms with Crippen molar-refractivity contribution in [2.24, 2.45) is 46.3 Å². The van der Waals surface area contributed by atoms with Crippen LogP contribution in [0.1, 0.15) is 112 Å². The van der Waals surface area contributed by atoms with Gasteiger partial charge in [-0.15, -0.1) is 0 Å².